The van der Waals surface area contributed by atoms with Gasteiger partial charge in [0.05, 0.1) is 5.56 Å². The highest BCUT2D eigenvalue weighted by Crippen LogP contribution is 2.34. The van der Waals surface area contributed by atoms with Crippen LogP contribution in [0.15, 0.2) is 18.2 Å². The van der Waals surface area contributed by atoms with E-state index in [2.05, 4.69) is 0 Å². The minimum absolute atomic E-state index is 0.0943. The summed E-state index contributed by atoms with van der Waals surface area (Å²) in [5.41, 5.74) is 5.10. The number of halogens is 4. The zero-order valence-electron chi connectivity index (χ0n) is 8.81. The second-order valence-corrected chi connectivity index (χ2v) is 4.25. The lowest BCUT2D eigenvalue weighted by atomic mass is 10.0. The molecule has 0 aliphatic heterocycles. The molecule has 0 radical (unpaired) electrons. The fourth-order valence-corrected chi connectivity index (χ4v) is 1.59. The first-order valence-corrected chi connectivity index (χ1v) is 5.29. The summed E-state index contributed by atoms with van der Waals surface area (Å²) in [6.07, 6.45) is -3.54. The number of hydrogen-bond donors (Lipinski definition) is 1. The van der Waals surface area contributed by atoms with E-state index in [1.54, 1.807) is 6.92 Å². The Kier molecular flexibility index (Phi) is 4.21. The van der Waals surface area contributed by atoms with Crippen LogP contribution in [0.25, 0.3) is 0 Å². The van der Waals surface area contributed by atoms with Crippen LogP contribution in [0, 0.1) is 0 Å². The van der Waals surface area contributed by atoms with Gasteiger partial charge in [-0.05, 0) is 37.5 Å². The molecule has 0 spiro atoms. The molecule has 90 valence electrons. The molecule has 1 aromatic carbocycles. The van der Waals surface area contributed by atoms with Crippen LogP contribution in [0.1, 0.15) is 24.5 Å². The molecule has 2 N–H and O–H groups in total. The van der Waals surface area contributed by atoms with Gasteiger partial charge in [0.1, 0.15) is 0 Å². The SMILES string of the molecule is C[C@@H](N)CCc1ccc(Cl)cc1C(F)(F)F. The zero-order chi connectivity index (χ0) is 12.3. The second-order valence-electron chi connectivity index (χ2n) is 3.82. The molecular formula is C11H13ClF3N. The maximum Gasteiger partial charge on any atom is 0.416 e. The number of benzene rings is 1. The third-order valence-corrected chi connectivity index (χ3v) is 2.48. The van der Waals surface area contributed by atoms with Crippen molar-refractivity contribution in [3.63, 3.8) is 0 Å². The Morgan fingerprint density at radius 1 is 1.38 bits per heavy atom. The highest BCUT2D eigenvalue weighted by Gasteiger charge is 2.33. The molecule has 5 heteroatoms. The summed E-state index contributed by atoms with van der Waals surface area (Å²) < 4.78 is 38.0. The van der Waals surface area contributed by atoms with Gasteiger partial charge >= 0.3 is 6.18 Å². The van der Waals surface area contributed by atoms with Crippen LogP contribution in [0.2, 0.25) is 5.02 Å². The van der Waals surface area contributed by atoms with Gasteiger partial charge in [-0.25, -0.2) is 0 Å². The molecule has 1 rings (SSSR count). The summed E-state index contributed by atoms with van der Waals surface area (Å²) in [6, 6.07) is 3.72. The fourth-order valence-electron chi connectivity index (χ4n) is 1.41. The summed E-state index contributed by atoms with van der Waals surface area (Å²) in [4.78, 5) is 0. The van der Waals surface area contributed by atoms with Crippen molar-refractivity contribution in [1.29, 1.82) is 0 Å². The van der Waals surface area contributed by atoms with Crippen molar-refractivity contribution in [3.05, 3.63) is 34.3 Å². The predicted octanol–water partition coefficient (Wildman–Crippen LogP) is 3.64. The van der Waals surface area contributed by atoms with Gasteiger partial charge in [0.15, 0.2) is 0 Å². The quantitative estimate of drug-likeness (QED) is 0.872. The number of nitrogens with two attached hydrogens (primary N) is 1. The Labute approximate surface area is 97.4 Å². The average molecular weight is 252 g/mol. The highest BCUT2D eigenvalue weighted by molar-refractivity contribution is 6.30. The molecule has 1 atom stereocenters. The lowest BCUT2D eigenvalue weighted by molar-refractivity contribution is -0.138. The molecule has 0 aromatic heterocycles. The van der Waals surface area contributed by atoms with Crippen LogP contribution in [-0.2, 0) is 12.6 Å². The Bertz CT molecular complexity index is 361. The molecule has 1 nitrogen and oxygen atoms in total. The van der Waals surface area contributed by atoms with Gasteiger partial charge in [-0.3, -0.25) is 0 Å². The maximum absolute atomic E-state index is 12.7. The lowest BCUT2D eigenvalue weighted by Gasteiger charge is -2.14. The number of hydrogen-bond acceptors (Lipinski definition) is 1. The van der Waals surface area contributed by atoms with Gasteiger partial charge in [-0.15, -0.1) is 0 Å². The molecule has 0 aliphatic rings. The van der Waals surface area contributed by atoms with E-state index < -0.39 is 11.7 Å². The Hall–Kier alpha value is -0.740. The van der Waals surface area contributed by atoms with Crippen molar-refractivity contribution in [1.82, 2.24) is 0 Å². The van der Waals surface area contributed by atoms with Crippen molar-refractivity contribution < 1.29 is 13.2 Å². The van der Waals surface area contributed by atoms with Crippen molar-refractivity contribution in [2.45, 2.75) is 32.0 Å². The van der Waals surface area contributed by atoms with Crippen LogP contribution >= 0.6 is 11.6 Å². The normalized spacial score (nSPS) is 13.9. The third kappa shape index (κ3) is 3.68. The molecule has 0 saturated carbocycles. The molecule has 1 aromatic rings. The van der Waals surface area contributed by atoms with E-state index in [1.165, 1.54) is 12.1 Å². The topological polar surface area (TPSA) is 26.0 Å². The number of alkyl halides is 3. The van der Waals surface area contributed by atoms with Crippen LogP contribution in [-0.4, -0.2) is 6.04 Å². The highest BCUT2D eigenvalue weighted by atomic mass is 35.5. The Morgan fingerprint density at radius 2 is 2.00 bits per heavy atom. The molecule has 0 bridgehead atoms. The molecule has 0 unspecified atom stereocenters. The Morgan fingerprint density at radius 3 is 2.50 bits per heavy atom. The summed E-state index contributed by atoms with van der Waals surface area (Å²) in [5, 5.41) is 0.0943. The van der Waals surface area contributed by atoms with Crippen molar-refractivity contribution >= 4 is 11.6 Å². The van der Waals surface area contributed by atoms with Gasteiger partial charge < -0.3 is 5.73 Å². The summed E-state index contributed by atoms with van der Waals surface area (Å²) in [5.74, 6) is 0. The minimum Gasteiger partial charge on any atom is -0.328 e. The monoisotopic (exact) mass is 251 g/mol. The van der Waals surface area contributed by atoms with Crippen molar-refractivity contribution in [3.8, 4) is 0 Å². The van der Waals surface area contributed by atoms with E-state index in [1.807, 2.05) is 0 Å². The zero-order valence-corrected chi connectivity index (χ0v) is 9.57. The van der Waals surface area contributed by atoms with Crippen molar-refractivity contribution in [2.75, 3.05) is 0 Å². The molecular weight excluding hydrogens is 239 g/mol. The Balaban J connectivity index is 2.99. The average Bonchev–Trinajstić information content (AvgIpc) is 2.14. The van der Waals surface area contributed by atoms with E-state index >= 15 is 0 Å². The standard InChI is InChI=1S/C11H13ClF3N/c1-7(16)2-3-8-4-5-9(12)6-10(8)11(13,14)15/h4-7H,2-3,16H2,1H3/t7-/m1/s1. The number of rotatable bonds is 3. The van der Waals surface area contributed by atoms with Crippen LogP contribution in [0.4, 0.5) is 13.2 Å². The summed E-state index contributed by atoms with van der Waals surface area (Å²) in [6.45, 7) is 1.77. The first-order chi connectivity index (χ1) is 7.30. The predicted molar refractivity (Wildman–Crippen MR) is 58.4 cm³/mol. The van der Waals surface area contributed by atoms with E-state index in [9.17, 15) is 13.2 Å². The van der Waals surface area contributed by atoms with Gasteiger partial charge in [0.25, 0.3) is 0 Å². The maximum atomic E-state index is 12.7. The van der Waals surface area contributed by atoms with E-state index in [-0.39, 0.29) is 16.6 Å². The molecule has 0 heterocycles. The molecule has 0 fully saturated rings. The van der Waals surface area contributed by atoms with Gasteiger partial charge in [-0.2, -0.15) is 13.2 Å². The molecule has 16 heavy (non-hydrogen) atoms. The van der Waals surface area contributed by atoms with Crippen molar-refractivity contribution in [2.24, 2.45) is 5.73 Å². The second kappa shape index (κ2) is 5.06. The molecule has 0 amide bonds. The van der Waals surface area contributed by atoms with E-state index in [0.29, 0.717) is 12.8 Å². The summed E-state index contributed by atoms with van der Waals surface area (Å²) >= 11 is 5.56. The smallest absolute Gasteiger partial charge is 0.328 e. The van der Waals surface area contributed by atoms with E-state index in [0.717, 1.165) is 6.07 Å². The minimum atomic E-state index is -4.36. The van der Waals surface area contributed by atoms with Crippen LogP contribution < -0.4 is 5.73 Å². The fraction of sp³-hybridized carbons (Fsp3) is 0.455. The first kappa shape index (κ1) is 13.3. The van der Waals surface area contributed by atoms with Gasteiger partial charge in [-0.1, -0.05) is 17.7 Å². The summed E-state index contributed by atoms with van der Waals surface area (Å²) in [7, 11) is 0. The van der Waals surface area contributed by atoms with Crippen LogP contribution in [0.5, 0.6) is 0 Å². The first-order valence-electron chi connectivity index (χ1n) is 4.92. The molecule has 0 saturated heterocycles. The number of aryl methyl sites for hydroxylation is 1. The van der Waals surface area contributed by atoms with Gasteiger partial charge in [0, 0.05) is 11.1 Å². The van der Waals surface area contributed by atoms with E-state index in [4.69, 9.17) is 17.3 Å². The lowest BCUT2D eigenvalue weighted by Crippen LogP contribution is -2.17. The molecule has 0 aliphatic carbocycles. The van der Waals surface area contributed by atoms with Gasteiger partial charge in [0.2, 0.25) is 0 Å². The largest absolute Gasteiger partial charge is 0.416 e. The third-order valence-electron chi connectivity index (χ3n) is 2.25. The van der Waals surface area contributed by atoms with Crippen LogP contribution in [0.3, 0.4) is 0 Å².